The van der Waals surface area contributed by atoms with Gasteiger partial charge in [-0.05, 0) is 41.0 Å². The van der Waals surface area contributed by atoms with Crippen molar-refractivity contribution < 1.29 is 19.1 Å². The molecule has 2 atom stereocenters. The molecule has 3 aromatic rings. The minimum atomic E-state index is -0.474. The zero-order chi connectivity index (χ0) is 20.0. The van der Waals surface area contributed by atoms with Crippen molar-refractivity contribution in [3.05, 3.63) is 42.1 Å². The summed E-state index contributed by atoms with van der Waals surface area (Å²) >= 11 is 0. The highest BCUT2D eigenvalue weighted by molar-refractivity contribution is 5.94. The summed E-state index contributed by atoms with van der Waals surface area (Å²) < 4.78 is 10.4. The van der Waals surface area contributed by atoms with Gasteiger partial charge in [-0.15, -0.1) is 10.2 Å². The number of nitrogens with one attached hydrogen (secondary N) is 1. The molecule has 0 aliphatic carbocycles. The van der Waals surface area contributed by atoms with Gasteiger partial charge in [-0.2, -0.15) is 5.21 Å². The molecular weight excluding hydrogens is 376 g/mol. The summed E-state index contributed by atoms with van der Waals surface area (Å²) in [5.74, 6) is 0.0394. The van der Waals surface area contributed by atoms with Crippen molar-refractivity contribution in [2.75, 3.05) is 11.5 Å². The first-order chi connectivity index (χ1) is 14.1. The lowest BCUT2D eigenvalue weighted by atomic mass is 10.0. The highest BCUT2D eigenvalue weighted by atomic mass is 16.6. The number of carbonyl (C=O) groups excluding carboxylic acids is 2. The van der Waals surface area contributed by atoms with Gasteiger partial charge in [0.05, 0.1) is 11.7 Å². The fourth-order valence-corrected chi connectivity index (χ4v) is 3.77. The minimum absolute atomic E-state index is 0.0601. The molecule has 2 aliphatic rings. The number of hydrogen-bond acceptors (Lipinski definition) is 8. The van der Waals surface area contributed by atoms with Crippen molar-refractivity contribution in [1.82, 2.24) is 25.6 Å². The van der Waals surface area contributed by atoms with Crippen LogP contribution >= 0.6 is 0 Å². The summed E-state index contributed by atoms with van der Waals surface area (Å²) in [5, 5.41) is 13.8. The second-order valence-electron chi connectivity index (χ2n) is 6.88. The Morgan fingerprint density at radius 3 is 2.90 bits per heavy atom. The third kappa shape index (κ3) is 2.98. The van der Waals surface area contributed by atoms with Crippen molar-refractivity contribution in [2.24, 2.45) is 0 Å². The number of ether oxygens (including phenoxy) is 2. The molecule has 1 fully saturated rings. The van der Waals surface area contributed by atoms with Crippen LogP contribution in [0.2, 0.25) is 0 Å². The van der Waals surface area contributed by atoms with Crippen LogP contribution in [0, 0.1) is 0 Å². The van der Waals surface area contributed by atoms with Gasteiger partial charge in [0.1, 0.15) is 12.3 Å². The summed E-state index contributed by atoms with van der Waals surface area (Å²) in [6, 6.07) is 9.50. The zero-order valence-electron chi connectivity index (χ0n) is 15.4. The molecule has 10 nitrogen and oxygen atoms in total. The number of fused-ring (bicyclic) bond motifs is 3. The van der Waals surface area contributed by atoms with Crippen molar-refractivity contribution in [2.45, 2.75) is 25.5 Å². The summed E-state index contributed by atoms with van der Waals surface area (Å²) in [4.78, 5) is 29.4. The summed E-state index contributed by atoms with van der Waals surface area (Å²) in [6.45, 7) is 1.40. The number of tetrazole rings is 1. The first kappa shape index (κ1) is 17.3. The molecule has 0 radical (unpaired) electrons. The van der Waals surface area contributed by atoms with E-state index in [2.05, 4.69) is 31.7 Å². The van der Waals surface area contributed by atoms with Crippen LogP contribution in [-0.2, 0) is 20.7 Å². The van der Waals surface area contributed by atoms with Gasteiger partial charge >= 0.3 is 12.1 Å². The van der Waals surface area contributed by atoms with Crippen molar-refractivity contribution >= 4 is 17.7 Å². The SMILES string of the molecule is CC(=O)OC[C@@H]1OC(=O)N2c3ccc(-c4ccc(-c5nn[nH]n5)nc4)cc3C[C@@H]12. The van der Waals surface area contributed by atoms with Crippen LogP contribution in [0.15, 0.2) is 36.5 Å². The van der Waals surface area contributed by atoms with E-state index >= 15 is 0 Å². The lowest BCUT2D eigenvalue weighted by Gasteiger charge is -2.16. The van der Waals surface area contributed by atoms with Gasteiger partial charge in [-0.3, -0.25) is 14.7 Å². The van der Waals surface area contributed by atoms with Gasteiger partial charge in [0, 0.05) is 18.7 Å². The number of carbonyl (C=O) groups is 2. The molecule has 10 heteroatoms. The summed E-state index contributed by atoms with van der Waals surface area (Å²) in [7, 11) is 0. The molecule has 0 unspecified atom stereocenters. The topological polar surface area (TPSA) is 123 Å². The van der Waals surface area contributed by atoms with Gasteiger partial charge in [0.25, 0.3) is 0 Å². The van der Waals surface area contributed by atoms with Gasteiger partial charge in [0.2, 0.25) is 5.82 Å². The molecule has 146 valence electrons. The van der Waals surface area contributed by atoms with E-state index in [-0.39, 0.29) is 12.6 Å². The predicted octanol–water partition coefficient (Wildman–Crippen LogP) is 1.74. The number of benzene rings is 1. The highest BCUT2D eigenvalue weighted by Gasteiger charge is 2.47. The number of pyridine rings is 1. The summed E-state index contributed by atoms with van der Waals surface area (Å²) in [5.41, 5.74) is 4.41. The Labute approximate surface area is 164 Å². The molecule has 5 rings (SSSR count). The molecule has 0 spiro atoms. The molecule has 1 saturated heterocycles. The second kappa shape index (κ2) is 6.66. The fraction of sp³-hybridized carbons (Fsp3) is 0.263. The normalized spacial score (nSPS) is 19.6. The number of esters is 1. The Hall–Kier alpha value is -3.82. The Morgan fingerprint density at radius 1 is 1.31 bits per heavy atom. The van der Waals surface area contributed by atoms with E-state index in [0.29, 0.717) is 17.9 Å². The number of aromatic nitrogens is 5. The molecule has 2 aliphatic heterocycles. The van der Waals surface area contributed by atoms with Crippen LogP contribution in [0.4, 0.5) is 10.5 Å². The van der Waals surface area contributed by atoms with E-state index in [1.54, 1.807) is 11.1 Å². The Kier molecular flexibility index (Phi) is 3.97. The van der Waals surface area contributed by atoms with E-state index in [1.807, 2.05) is 24.3 Å². The van der Waals surface area contributed by atoms with Gasteiger partial charge in [-0.1, -0.05) is 12.1 Å². The first-order valence-electron chi connectivity index (χ1n) is 9.06. The number of rotatable bonds is 4. The number of amides is 1. The van der Waals surface area contributed by atoms with E-state index in [4.69, 9.17) is 9.47 Å². The van der Waals surface area contributed by atoms with Crippen LogP contribution in [0.1, 0.15) is 12.5 Å². The average molecular weight is 392 g/mol. The molecule has 4 heterocycles. The molecule has 1 amide bonds. The molecule has 0 bridgehead atoms. The van der Waals surface area contributed by atoms with Crippen molar-refractivity contribution in [1.29, 1.82) is 0 Å². The Morgan fingerprint density at radius 2 is 2.17 bits per heavy atom. The van der Waals surface area contributed by atoms with Crippen molar-refractivity contribution in [3.63, 3.8) is 0 Å². The largest absolute Gasteiger partial charge is 0.462 e. The van der Waals surface area contributed by atoms with Crippen LogP contribution < -0.4 is 4.90 Å². The number of aromatic amines is 1. The number of cyclic esters (lactones) is 1. The summed E-state index contributed by atoms with van der Waals surface area (Å²) in [6.07, 6.45) is 1.50. The average Bonchev–Trinajstić information content (AvgIpc) is 3.44. The Balaban J connectivity index is 1.39. The Bertz CT molecular complexity index is 1080. The quantitative estimate of drug-likeness (QED) is 0.666. The number of H-pyrrole nitrogens is 1. The molecule has 2 aromatic heterocycles. The van der Waals surface area contributed by atoms with Gasteiger partial charge in [-0.25, -0.2) is 4.79 Å². The molecular formula is C19H16N6O4. The third-order valence-corrected chi connectivity index (χ3v) is 5.10. The van der Waals surface area contributed by atoms with E-state index in [1.165, 1.54) is 6.92 Å². The molecule has 1 aromatic carbocycles. The van der Waals surface area contributed by atoms with Gasteiger partial charge < -0.3 is 9.47 Å². The lowest BCUT2D eigenvalue weighted by molar-refractivity contribution is -0.143. The smallest absolute Gasteiger partial charge is 0.415 e. The maximum Gasteiger partial charge on any atom is 0.415 e. The zero-order valence-corrected chi connectivity index (χ0v) is 15.4. The van der Waals surface area contributed by atoms with Crippen LogP contribution in [0.5, 0.6) is 0 Å². The monoisotopic (exact) mass is 392 g/mol. The van der Waals surface area contributed by atoms with Gasteiger partial charge in [0.15, 0.2) is 6.10 Å². The maximum atomic E-state index is 12.3. The molecule has 29 heavy (non-hydrogen) atoms. The highest BCUT2D eigenvalue weighted by Crippen LogP contribution is 2.40. The molecule has 1 N–H and O–H groups in total. The van der Waals surface area contributed by atoms with Crippen LogP contribution in [0.3, 0.4) is 0 Å². The van der Waals surface area contributed by atoms with E-state index in [9.17, 15) is 9.59 Å². The number of nitrogens with zero attached hydrogens (tertiary/aromatic N) is 5. The second-order valence-corrected chi connectivity index (χ2v) is 6.88. The lowest BCUT2D eigenvalue weighted by Crippen LogP contribution is -2.35. The molecule has 0 saturated carbocycles. The standard InChI is InChI=1S/C19H16N6O4/c1-10(26)28-9-17-16-7-13-6-11(3-5-15(13)25(16)19(27)29-17)12-2-4-14(20-8-12)18-21-23-24-22-18/h2-6,8,16-17H,7,9H2,1H3,(H,21,22,23,24)/t16-,17-/m0/s1. The van der Waals surface area contributed by atoms with E-state index in [0.717, 1.165) is 22.4 Å². The maximum absolute atomic E-state index is 12.3. The first-order valence-corrected chi connectivity index (χ1v) is 9.06. The number of hydrogen-bond donors (Lipinski definition) is 1. The number of anilines is 1. The van der Waals surface area contributed by atoms with E-state index < -0.39 is 18.2 Å². The van der Waals surface area contributed by atoms with Crippen molar-refractivity contribution in [3.8, 4) is 22.6 Å². The third-order valence-electron chi connectivity index (χ3n) is 5.10. The van der Waals surface area contributed by atoms with Crippen LogP contribution in [0.25, 0.3) is 22.6 Å². The van der Waals surface area contributed by atoms with Crippen LogP contribution in [-0.4, -0.2) is 56.4 Å². The predicted molar refractivity (Wildman–Crippen MR) is 99.7 cm³/mol. The fourth-order valence-electron chi connectivity index (χ4n) is 3.77. The minimum Gasteiger partial charge on any atom is -0.462 e.